The highest BCUT2D eigenvalue weighted by atomic mass is 32.2. The van der Waals surface area contributed by atoms with Crippen molar-refractivity contribution in [2.45, 2.75) is 82.4 Å². The Hall–Kier alpha value is -1.05. The van der Waals surface area contributed by atoms with Crippen molar-refractivity contribution in [1.82, 2.24) is 0 Å². The number of unbranched alkanes of at least 4 members (excludes halogenated alkanes) is 9. The molecule has 1 aromatic carbocycles. The summed E-state index contributed by atoms with van der Waals surface area (Å²) in [5.74, 6) is 0. The van der Waals surface area contributed by atoms with E-state index in [1.54, 1.807) is 12.1 Å². The average Bonchev–Trinajstić information content (AvgIpc) is 2.48. The normalized spacial score (nSPS) is 11.4. The maximum absolute atomic E-state index is 11.2. The summed E-state index contributed by atoms with van der Waals surface area (Å²) in [5, 5.41) is 0. The van der Waals surface area contributed by atoms with E-state index in [2.05, 4.69) is 19.1 Å². The van der Waals surface area contributed by atoms with Crippen LogP contribution in [0.1, 0.15) is 76.7 Å². The van der Waals surface area contributed by atoms with Gasteiger partial charge in [-0.15, -0.1) is 0 Å². The van der Waals surface area contributed by atoms with Gasteiger partial charge in [-0.3, -0.25) is 4.55 Å². The van der Waals surface area contributed by atoms with Gasteiger partial charge in [0, 0.05) is 0 Å². The molecule has 0 aliphatic rings. The Morgan fingerprint density at radius 1 is 0.955 bits per heavy atom. The van der Waals surface area contributed by atoms with Gasteiger partial charge in [-0.05, 0) is 36.6 Å². The van der Waals surface area contributed by atoms with E-state index in [-0.39, 0.29) is 4.90 Å². The third kappa shape index (κ3) is 7.82. The van der Waals surface area contributed by atoms with Gasteiger partial charge in [-0.1, -0.05) is 70.8 Å². The standard InChI is InChI=1S/C18H28O3S/c1-2-3-4-5-6-7-8-9-10-11-14-17-15-12-13-16-18(17)22(19,20)21/h12,15H,2-11,14H2,1H3,(H,19,20,21). The number of aryl methyl sites for hydroxylation is 1. The van der Waals surface area contributed by atoms with Gasteiger partial charge >= 0.3 is 10.1 Å². The average molecular weight is 324 g/mol. The van der Waals surface area contributed by atoms with Gasteiger partial charge in [0.05, 0.1) is 0 Å². The minimum Gasteiger partial charge on any atom is -0.281 e. The fourth-order valence-corrected chi connectivity index (χ4v) is 3.32. The predicted molar refractivity (Wildman–Crippen MR) is 89.5 cm³/mol. The molecule has 0 saturated heterocycles. The van der Waals surface area contributed by atoms with E-state index in [4.69, 9.17) is 4.55 Å². The SMILES string of the molecule is CCCCCCCCCCCCc1ccc#cc1S(=O)(=O)O. The van der Waals surface area contributed by atoms with Crippen LogP contribution in [0, 0.1) is 12.1 Å². The number of rotatable bonds is 12. The summed E-state index contributed by atoms with van der Waals surface area (Å²) in [6.45, 7) is 2.23. The van der Waals surface area contributed by atoms with Crippen LogP contribution in [0.15, 0.2) is 17.0 Å². The predicted octanol–water partition coefficient (Wildman–Crippen LogP) is 5.00. The molecule has 0 heterocycles. The molecule has 1 rings (SSSR count). The quantitative estimate of drug-likeness (QED) is 0.435. The number of hydrogen-bond donors (Lipinski definition) is 1. The molecule has 0 bridgehead atoms. The van der Waals surface area contributed by atoms with Crippen molar-refractivity contribution in [1.29, 1.82) is 0 Å². The minimum atomic E-state index is -4.18. The molecule has 1 N–H and O–H groups in total. The maximum Gasteiger partial charge on any atom is 0.302 e. The van der Waals surface area contributed by atoms with E-state index in [0.29, 0.717) is 12.0 Å². The van der Waals surface area contributed by atoms with Crippen LogP contribution in [0.4, 0.5) is 0 Å². The zero-order chi connectivity index (χ0) is 16.3. The molecule has 22 heavy (non-hydrogen) atoms. The monoisotopic (exact) mass is 324 g/mol. The zero-order valence-corrected chi connectivity index (χ0v) is 14.4. The lowest BCUT2D eigenvalue weighted by Gasteiger charge is -2.05. The second-order valence-corrected chi connectivity index (χ2v) is 7.22. The van der Waals surface area contributed by atoms with E-state index in [0.717, 1.165) is 12.8 Å². The Kier molecular flexibility index (Phi) is 9.19. The highest BCUT2D eigenvalue weighted by Gasteiger charge is 2.14. The first-order valence-electron chi connectivity index (χ1n) is 8.44. The molecule has 0 amide bonds. The first-order valence-corrected chi connectivity index (χ1v) is 9.88. The third-order valence-corrected chi connectivity index (χ3v) is 4.78. The second-order valence-electron chi connectivity index (χ2n) is 5.86. The molecule has 0 atom stereocenters. The van der Waals surface area contributed by atoms with Crippen molar-refractivity contribution in [3.8, 4) is 0 Å². The second kappa shape index (κ2) is 10.6. The lowest BCUT2D eigenvalue weighted by atomic mass is 10.0. The minimum absolute atomic E-state index is 0.120. The largest absolute Gasteiger partial charge is 0.302 e. The van der Waals surface area contributed by atoms with Gasteiger partial charge in [0.25, 0.3) is 0 Å². The molecule has 3 nitrogen and oxygen atoms in total. The first-order chi connectivity index (χ1) is 10.6. The van der Waals surface area contributed by atoms with Crippen LogP contribution >= 0.6 is 0 Å². The van der Waals surface area contributed by atoms with E-state index in [1.165, 1.54) is 51.4 Å². The van der Waals surface area contributed by atoms with E-state index in [9.17, 15) is 8.42 Å². The van der Waals surface area contributed by atoms with Gasteiger partial charge in [0.1, 0.15) is 4.90 Å². The summed E-state index contributed by atoms with van der Waals surface area (Å²) in [5.41, 5.74) is 0.640. The Bertz CT molecular complexity index is 509. The Morgan fingerprint density at radius 2 is 1.50 bits per heavy atom. The lowest BCUT2D eigenvalue weighted by molar-refractivity contribution is 0.481. The summed E-state index contributed by atoms with van der Waals surface area (Å²) in [7, 11) is -4.18. The van der Waals surface area contributed by atoms with Crippen LogP contribution in [0.25, 0.3) is 0 Å². The molecular weight excluding hydrogens is 296 g/mol. The van der Waals surface area contributed by atoms with Crippen molar-refractivity contribution >= 4 is 10.1 Å². The van der Waals surface area contributed by atoms with Crippen LogP contribution in [-0.2, 0) is 16.5 Å². The summed E-state index contributed by atoms with van der Waals surface area (Å²) in [4.78, 5) is -0.120. The van der Waals surface area contributed by atoms with Gasteiger partial charge in [0.15, 0.2) is 0 Å². The molecule has 0 radical (unpaired) electrons. The summed E-state index contributed by atoms with van der Waals surface area (Å²) in [6, 6.07) is 8.42. The first kappa shape index (κ1) is 19.0. The van der Waals surface area contributed by atoms with Crippen molar-refractivity contribution in [3.05, 3.63) is 29.8 Å². The Morgan fingerprint density at radius 3 is 2.05 bits per heavy atom. The third-order valence-electron chi connectivity index (χ3n) is 3.90. The van der Waals surface area contributed by atoms with Crippen molar-refractivity contribution in [2.24, 2.45) is 0 Å². The highest BCUT2D eigenvalue weighted by Crippen LogP contribution is 2.16. The molecule has 4 heteroatoms. The van der Waals surface area contributed by atoms with Gasteiger partial charge in [-0.2, -0.15) is 8.42 Å². The van der Waals surface area contributed by atoms with Crippen LogP contribution in [0.5, 0.6) is 0 Å². The van der Waals surface area contributed by atoms with Crippen LogP contribution < -0.4 is 0 Å². The van der Waals surface area contributed by atoms with Gasteiger partial charge < -0.3 is 0 Å². The molecule has 1 aromatic rings. The molecule has 0 aliphatic carbocycles. The molecule has 0 fully saturated rings. The Labute approximate surface area is 135 Å². The maximum atomic E-state index is 11.2. The van der Waals surface area contributed by atoms with Crippen molar-refractivity contribution < 1.29 is 13.0 Å². The topological polar surface area (TPSA) is 54.4 Å². The highest BCUT2D eigenvalue weighted by molar-refractivity contribution is 7.85. The fourth-order valence-electron chi connectivity index (χ4n) is 2.64. The van der Waals surface area contributed by atoms with E-state index in [1.807, 2.05) is 0 Å². The van der Waals surface area contributed by atoms with E-state index >= 15 is 0 Å². The molecule has 0 aromatic heterocycles. The summed E-state index contributed by atoms with van der Waals surface area (Å²) in [6.07, 6.45) is 13.1. The Balaban J connectivity index is 2.16. The number of hydrogen-bond acceptors (Lipinski definition) is 2. The van der Waals surface area contributed by atoms with Gasteiger partial charge in [-0.25, -0.2) is 0 Å². The van der Waals surface area contributed by atoms with Gasteiger partial charge in [0.2, 0.25) is 0 Å². The zero-order valence-electron chi connectivity index (χ0n) is 13.6. The van der Waals surface area contributed by atoms with Crippen LogP contribution in [0.2, 0.25) is 0 Å². The summed E-state index contributed by atoms with van der Waals surface area (Å²) < 4.78 is 31.6. The smallest absolute Gasteiger partial charge is 0.281 e. The summed E-state index contributed by atoms with van der Waals surface area (Å²) >= 11 is 0. The molecule has 0 spiro atoms. The van der Waals surface area contributed by atoms with Crippen molar-refractivity contribution in [3.63, 3.8) is 0 Å². The molecule has 0 aliphatic heterocycles. The molecule has 0 unspecified atom stereocenters. The fraction of sp³-hybridized carbons (Fsp3) is 0.667. The van der Waals surface area contributed by atoms with Crippen LogP contribution in [-0.4, -0.2) is 13.0 Å². The van der Waals surface area contributed by atoms with E-state index < -0.39 is 10.1 Å². The molecule has 0 saturated carbocycles. The molecule has 124 valence electrons. The van der Waals surface area contributed by atoms with Crippen LogP contribution in [0.3, 0.4) is 0 Å². The molecular formula is C18H28O3S. The lowest BCUT2D eigenvalue weighted by Crippen LogP contribution is -2.02. The van der Waals surface area contributed by atoms with Crippen molar-refractivity contribution in [2.75, 3.05) is 0 Å².